The van der Waals surface area contributed by atoms with Crippen LogP contribution < -0.4 is 16.4 Å². The van der Waals surface area contributed by atoms with Crippen LogP contribution in [0.5, 0.6) is 0 Å². The number of anilines is 1. The van der Waals surface area contributed by atoms with Crippen molar-refractivity contribution in [2.75, 3.05) is 11.9 Å². The van der Waals surface area contributed by atoms with E-state index in [1.54, 1.807) is 0 Å². The molecule has 24 heavy (non-hydrogen) atoms. The number of carbonyl (C=O) groups is 2. The lowest BCUT2D eigenvalue weighted by Gasteiger charge is -2.13. The highest BCUT2D eigenvalue weighted by Crippen LogP contribution is 2.19. The zero-order valence-corrected chi connectivity index (χ0v) is 14.9. The molecule has 2 amide bonds. The van der Waals surface area contributed by atoms with Crippen LogP contribution in [0.2, 0.25) is 0 Å². The highest BCUT2D eigenvalue weighted by molar-refractivity contribution is 5.92. The smallest absolute Gasteiger partial charge is 0.249 e. The molecular formula is C17H26ClN3O3. The number of nitrogens with one attached hydrogen (secondary N) is 2. The molecule has 0 spiro atoms. The second-order valence-corrected chi connectivity index (χ2v) is 6.12. The normalized spacial score (nSPS) is 19.7. The zero-order chi connectivity index (χ0) is 16.8. The summed E-state index contributed by atoms with van der Waals surface area (Å²) in [5.74, 6) is -0.172. The fraction of sp³-hybridized carbons (Fsp3) is 0.529. The van der Waals surface area contributed by atoms with E-state index in [1.165, 1.54) is 0 Å². The van der Waals surface area contributed by atoms with Crippen molar-refractivity contribution in [2.45, 2.75) is 45.4 Å². The Hall–Kier alpha value is -1.63. The molecular weight excluding hydrogens is 330 g/mol. The van der Waals surface area contributed by atoms with Crippen LogP contribution in [-0.2, 0) is 20.9 Å². The van der Waals surface area contributed by atoms with E-state index < -0.39 is 6.10 Å². The maximum atomic E-state index is 12.0. The highest BCUT2D eigenvalue weighted by atomic mass is 35.5. The van der Waals surface area contributed by atoms with Gasteiger partial charge < -0.3 is 21.1 Å². The molecule has 1 aromatic carbocycles. The Morgan fingerprint density at radius 3 is 2.46 bits per heavy atom. The maximum Gasteiger partial charge on any atom is 0.249 e. The van der Waals surface area contributed by atoms with E-state index in [0.29, 0.717) is 19.5 Å². The van der Waals surface area contributed by atoms with Gasteiger partial charge in [0.25, 0.3) is 0 Å². The minimum atomic E-state index is -0.395. The van der Waals surface area contributed by atoms with Gasteiger partial charge in [-0.15, -0.1) is 12.4 Å². The summed E-state index contributed by atoms with van der Waals surface area (Å²) in [6, 6.07) is 7.43. The predicted molar refractivity (Wildman–Crippen MR) is 96.0 cm³/mol. The molecule has 0 aromatic heterocycles. The van der Waals surface area contributed by atoms with Crippen LogP contribution in [0.15, 0.2) is 24.3 Å². The molecule has 1 saturated heterocycles. The summed E-state index contributed by atoms with van der Waals surface area (Å²) in [6.45, 7) is 4.58. The van der Waals surface area contributed by atoms with Gasteiger partial charge in [-0.3, -0.25) is 9.59 Å². The van der Waals surface area contributed by atoms with Crippen molar-refractivity contribution in [2.24, 2.45) is 11.7 Å². The van der Waals surface area contributed by atoms with Crippen LogP contribution >= 0.6 is 12.4 Å². The van der Waals surface area contributed by atoms with Gasteiger partial charge in [0.05, 0.1) is 6.10 Å². The molecule has 1 fully saturated rings. The van der Waals surface area contributed by atoms with Crippen LogP contribution in [0.4, 0.5) is 5.69 Å². The molecule has 0 saturated carbocycles. The van der Waals surface area contributed by atoms with E-state index >= 15 is 0 Å². The molecule has 0 unspecified atom stereocenters. The first-order valence-electron chi connectivity index (χ1n) is 8.02. The summed E-state index contributed by atoms with van der Waals surface area (Å²) in [7, 11) is 0. The van der Waals surface area contributed by atoms with Gasteiger partial charge in [-0.05, 0) is 30.5 Å². The molecule has 0 aliphatic carbocycles. The minimum absolute atomic E-state index is 0. The second-order valence-electron chi connectivity index (χ2n) is 6.12. The molecule has 1 aromatic rings. The second kappa shape index (κ2) is 9.61. The molecule has 2 atom stereocenters. The number of hydrogen-bond acceptors (Lipinski definition) is 4. The molecule has 134 valence electrons. The number of nitrogens with two attached hydrogens (primary N) is 1. The largest absolute Gasteiger partial charge is 0.364 e. The Bertz CT molecular complexity index is 549. The van der Waals surface area contributed by atoms with Crippen LogP contribution in [0.1, 0.15) is 32.3 Å². The molecule has 0 radical (unpaired) electrons. The quantitative estimate of drug-likeness (QED) is 0.725. The van der Waals surface area contributed by atoms with Crippen LogP contribution in [0.3, 0.4) is 0 Å². The van der Waals surface area contributed by atoms with E-state index in [-0.39, 0.29) is 36.2 Å². The lowest BCUT2D eigenvalue weighted by atomic mass is 10.1. The maximum absolute atomic E-state index is 12.0. The first kappa shape index (κ1) is 20.4. The van der Waals surface area contributed by atoms with E-state index in [0.717, 1.165) is 17.7 Å². The van der Waals surface area contributed by atoms with Gasteiger partial charge in [0, 0.05) is 24.7 Å². The number of hydrogen-bond donors (Lipinski definition) is 3. The van der Waals surface area contributed by atoms with Gasteiger partial charge in [-0.2, -0.15) is 0 Å². The predicted octanol–water partition coefficient (Wildman–Crippen LogP) is 1.83. The third-order valence-electron chi connectivity index (χ3n) is 3.88. The monoisotopic (exact) mass is 355 g/mol. The molecule has 1 heterocycles. The first-order chi connectivity index (χ1) is 11.0. The van der Waals surface area contributed by atoms with Gasteiger partial charge in [0.2, 0.25) is 11.8 Å². The summed E-state index contributed by atoms with van der Waals surface area (Å²) >= 11 is 0. The molecule has 2 rings (SSSR count). The van der Waals surface area contributed by atoms with E-state index in [2.05, 4.69) is 10.6 Å². The Morgan fingerprint density at radius 1 is 1.25 bits per heavy atom. The SMILES string of the molecule is CC(C)C(=O)Nc1ccc(CNC(=O)[C@@H]2CC[C@H](CN)O2)cc1.Cl. The average molecular weight is 356 g/mol. The number of ether oxygens (including phenoxy) is 1. The van der Waals surface area contributed by atoms with Crippen molar-refractivity contribution in [3.05, 3.63) is 29.8 Å². The molecule has 7 heteroatoms. The average Bonchev–Trinajstić information content (AvgIpc) is 3.03. The van der Waals surface area contributed by atoms with Gasteiger partial charge >= 0.3 is 0 Å². The summed E-state index contributed by atoms with van der Waals surface area (Å²) in [5.41, 5.74) is 7.26. The minimum Gasteiger partial charge on any atom is -0.364 e. The van der Waals surface area contributed by atoms with Crippen molar-refractivity contribution >= 4 is 29.9 Å². The summed E-state index contributed by atoms with van der Waals surface area (Å²) in [4.78, 5) is 23.7. The lowest BCUT2D eigenvalue weighted by molar-refractivity contribution is -0.132. The molecule has 0 bridgehead atoms. The van der Waals surface area contributed by atoms with Crippen molar-refractivity contribution in [1.29, 1.82) is 0 Å². The molecule has 1 aliphatic rings. The van der Waals surface area contributed by atoms with Crippen LogP contribution in [0.25, 0.3) is 0 Å². The van der Waals surface area contributed by atoms with Gasteiger partial charge in [-0.1, -0.05) is 26.0 Å². The van der Waals surface area contributed by atoms with Gasteiger partial charge in [0.1, 0.15) is 6.10 Å². The Balaban J connectivity index is 0.00000288. The van der Waals surface area contributed by atoms with Crippen LogP contribution in [0, 0.1) is 5.92 Å². The Labute approximate surface area is 148 Å². The fourth-order valence-corrected chi connectivity index (χ4v) is 2.37. The van der Waals surface area contributed by atoms with E-state index in [4.69, 9.17) is 10.5 Å². The topological polar surface area (TPSA) is 93.5 Å². The lowest BCUT2D eigenvalue weighted by Crippen LogP contribution is -2.35. The van der Waals surface area contributed by atoms with Crippen molar-refractivity contribution in [3.63, 3.8) is 0 Å². The summed E-state index contributed by atoms with van der Waals surface area (Å²) in [6.07, 6.45) is 1.15. The van der Waals surface area contributed by atoms with Crippen molar-refractivity contribution < 1.29 is 14.3 Å². The summed E-state index contributed by atoms with van der Waals surface area (Å²) in [5, 5.41) is 5.70. The number of benzene rings is 1. The summed E-state index contributed by atoms with van der Waals surface area (Å²) < 4.78 is 5.56. The fourth-order valence-electron chi connectivity index (χ4n) is 2.37. The van der Waals surface area contributed by atoms with Crippen molar-refractivity contribution in [1.82, 2.24) is 5.32 Å². The number of carbonyl (C=O) groups excluding carboxylic acids is 2. The number of amides is 2. The zero-order valence-electron chi connectivity index (χ0n) is 14.1. The first-order valence-corrected chi connectivity index (χ1v) is 8.02. The Morgan fingerprint density at radius 2 is 1.92 bits per heavy atom. The van der Waals surface area contributed by atoms with Gasteiger partial charge in [-0.25, -0.2) is 0 Å². The Kier molecular flexibility index (Phi) is 8.18. The van der Waals surface area contributed by atoms with Crippen LogP contribution in [-0.4, -0.2) is 30.6 Å². The number of halogens is 1. The van der Waals surface area contributed by atoms with Gasteiger partial charge in [0.15, 0.2) is 0 Å². The third kappa shape index (κ3) is 5.78. The molecule has 6 nitrogen and oxygen atoms in total. The standard InChI is InChI=1S/C17H25N3O3.ClH/c1-11(2)16(21)20-13-5-3-12(4-6-13)10-19-17(22)15-8-7-14(9-18)23-15;/h3-6,11,14-15H,7-10,18H2,1-2H3,(H,19,22)(H,20,21);1H/t14-,15+;/m1./s1. The highest BCUT2D eigenvalue weighted by Gasteiger charge is 2.29. The number of rotatable bonds is 6. The third-order valence-corrected chi connectivity index (χ3v) is 3.88. The molecule has 4 N–H and O–H groups in total. The van der Waals surface area contributed by atoms with E-state index in [1.807, 2.05) is 38.1 Å². The molecule has 1 aliphatic heterocycles. The van der Waals surface area contributed by atoms with E-state index in [9.17, 15) is 9.59 Å². The van der Waals surface area contributed by atoms with Crippen molar-refractivity contribution in [3.8, 4) is 0 Å².